The number of Topliss-reactive ketones (excluding diaryl/α,β-unsaturated/α-hetero) is 1. The highest BCUT2D eigenvalue weighted by Gasteiger charge is 2.12. The largest absolute Gasteiger partial charge is 0.300 e. The molecular formula is C11H22O. The van der Waals surface area contributed by atoms with Crippen LogP contribution in [0, 0.1) is 11.3 Å². The van der Waals surface area contributed by atoms with Gasteiger partial charge in [0.1, 0.15) is 5.78 Å². The summed E-state index contributed by atoms with van der Waals surface area (Å²) in [7, 11) is 0. The van der Waals surface area contributed by atoms with Gasteiger partial charge in [-0.1, -0.05) is 34.1 Å². The average Bonchev–Trinajstić information content (AvgIpc) is 1.84. The minimum Gasteiger partial charge on any atom is -0.300 e. The van der Waals surface area contributed by atoms with Crippen LogP contribution in [0.25, 0.3) is 0 Å². The Labute approximate surface area is 76.6 Å². The summed E-state index contributed by atoms with van der Waals surface area (Å²) < 4.78 is 0. The molecule has 0 fully saturated rings. The highest BCUT2D eigenvalue weighted by molar-refractivity contribution is 5.77. The Morgan fingerprint density at radius 1 is 1.33 bits per heavy atom. The number of hydrogen-bond acceptors (Lipinski definition) is 1. The summed E-state index contributed by atoms with van der Waals surface area (Å²) in [5, 5.41) is 0. The van der Waals surface area contributed by atoms with E-state index in [2.05, 4.69) is 20.8 Å². The van der Waals surface area contributed by atoms with Gasteiger partial charge in [-0.2, -0.15) is 0 Å². The van der Waals surface area contributed by atoms with Gasteiger partial charge in [0.2, 0.25) is 0 Å². The van der Waals surface area contributed by atoms with Gasteiger partial charge < -0.3 is 0 Å². The molecule has 0 aliphatic heterocycles. The third kappa shape index (κ3) is 6.38. The van der Waals surface area contributed by atoms with Crippen molar-refractivity contribution in [2.24, 2.45) is 11.3 Å². The van der Waals surface area contributed by atoms with E-state index >= 15 is 0 Å². The van der Waals surface area contributed by atoms with Crippen molar-refractivity contribution in [2.75, 3.05) is 0 Å². The third-order valence-corrected chi connectivity index (χ3v) is 2.26. The van der Waals surface area contributed by atoms with Crippen LogP contribution < -0.4 is 0 Å². The number of hydrogen-bond donors (Lipinski definition) is 0. The van der Waals surface area contributed by atoms with E-state index in [-0.39, 0.29) is 5.92 Å². The number of ketones is 1. The zero-order chi connectivity index (χ0) is 9.78. The zero-order valence-electron chi connectivity index (χ0n) is 9.11. The fourth-order valence-corrected chi connectivity index (χ4v) is 1.14. The predicted octanol–water partition coefficient (Wildman–Crippen LogP) is 3.43. The molecule has 0 aromatic rings. The number of carbonyl (C=O) groups is 1. The van der Waals surface area contributed by atoms with Gasteiger partial charge in [-0.25, -0.2) is 0 Å². The molecule has 0 aliphatic carbocycles. The van der Waals surface area contributed by atoms with E-state index in [0.717, 1.165) is 6.42 Å². The van der Waals surface area contributed by atoms with Gasteiger partial charge in [0.05, 0.1) is 0 Å². The lowest BCUT2D eigenvalue weighted by Gasteiger charge is -2.18. The first-order valence-corrected chi connectivity index (χ1v) is 4.83. The summed E-state index contributed by atoms with van der Waals surface area (Å²) in [6.45, 7) is 10.4. The summed E-state index contributed by atoms with van der Waals surface area (Å²) in [4.78, 5) is 10.9. The molecule has 1 atom stereocenters. The van der Waals surface area contributed by atoms with Crippen LogP contribution in [0.4, 0.5) is 0 Å². The van der Waals surface area contributed by atoms with Crippen LogP contribution in [0.3, 0.4) is 0 Å². The lowest BCUT2D eigenvalue weighted by Crippen LogP contribution is -2.09. The van der Waals surface area contributed by atoms with Gasteiger partial charge in [0.25, 0.3) is 0 Å². The Kier molecular flexibility index (Phi) is 4.51. The van der Waals surface area contributed by atoms with Crippen molar-refractivity contribution in [1.29, 1.82) is 0 Å². The number of carbonyl (C=O) groups excluding carboxylic acids is 1. The average molecular weight is 170 g/mol. The van der Waals surface area contributed by atoms with Crippen LogP contribution in [0.2, 0.25) is 0 Å². The van der Waals surface area contributed by atoms with Gasteiger partial charge in [-0.3, -0.25) is 4.79 Å². The van der Waals surface area contributed by atoms with E-state index in [0.29, 0.717) is 11.2 Å². The molecule has 0 radical (unpaired) electrons. The smallest absolute Gasteiger partial charge is 0.132 e. The quantitative estimate of drug-likeness (QED) is 0.631. The minimum absolute atomic E-state index is 0.257. The van der Waals surface area contributed by atoms with E-state index in [9.17, 15) is 4.79 Å². The Morgan fingerprint density at radius 3 is 2.17 bits per heavy atom. The van der Waals surface area contributed by atoms with Crippen molar-refractivity contribution >= 4 is 5.78 Å². The van der Waals surface area contributed by atoms with Crippen molar-refractivity contribution in [3.05, 3.63) is 0 Å². The van der Waals surface area contributed by atoms with Crippen LogP contribution in [-0.4, -0.2) is 5.78 Å². The van der Waals surface area contributed by atoms with E-state index in [1.807, 2.05) is 6.92 Å². The molecule has 0 N–H and O–H groups in total. The Balaban J connectivity index is 3.51. The molecule has 0 unspecified atom stereocenters. The van der Waals surface area contributed by atoms with E-state index in [4.69, 9.17) is 0 Å². The minimum atomic E-state index is 0.257. The van der Waals surface area contributed by atoms with E-state index in [1.165, 1.54) is 12.8 Å². The Morgan fingerprint density at radius 2 is 1.83 bits per heavy atom. The normalized spacial score (nSPS) is 14.4. The SMILES string of the molecule is CC(=O)[C@@H](C)CCCC(C)(C)C. The summed E-state index contributed by atoms with van der Waals surface area (Å²) in [6.07, 6.45) is 3.43. The molecule has 0 bridgehead atoms. The first-order chi connectivity index (χ1) is 5.33. The molecule has 0 amide bonds. The third-order valence-electron chi connectivity index (χ3n) is 2.26. The van der Waals surface area contributed by atoms with Gasteiger partial charge >= 0.3 is 0 Å². The molecule has 1 nitrogen and oxygen atoms in total. The van der Waals surface area contributed by atoms with Crippen molar-refractivity contribution < 1.29 is 4.79 Å². The second kappa shape index (κ2) is 4.64. The molecule has 0 saturated carbocycles. The summed E-state index contributed by atoms with van der Waals surface area (Å²) in [6, 6.07) is 0. The standard InChI is InChI=1S/C11H22O/c1-9(10(2)12)7-6-8-11(3,4)5/h9H,6-8H2,1-5H3/t9-/m0/s1. The fraction of sp³-hybridized carbons (Fsp3) is 0.909. The molecule has 1 heteroatoms. The predicted molar refractivity (Wildman–Crippen MR) is 53.2 cm³/mol. The maximum Gasteiger partial charge on any atom is 0.132 e. The molecular weight excluding hydrogens is 148 g/mol. The molecule has 0 aromatic heterocycles. The lowest BCUT2D eigenvalue weighted by molar-refractivity contribution is -0.120. The van der Waals surface area contributed by atoms with E-state index in [1.54, 1.807) is 6.92 Å². The van der Waals surface area contributed by atoms with Crippen LogP contribution in [0.15, 0.2) is 0 Å². The van der Waals surface area contributed by atoms with Crippen LogP contribution in [0.1, 0.15) is 53.9 Å². The molecule has 0 aromatic carbocycles. The monoisotopic (exact) mass is 170 g/mol. The van der Waals surface area contributed by atoms with Crippen LogP contribution >= 0.6 is 0 Å². The fourth-order valence-electron chi connectivity index (χ4n) is 1.14. The maximum absolute atomic E-state index is 10.9. The van der Waals surface area contributed by atoms with Crippen LogP contribution in [-0.2, 0) is 4.79 Å². The molecule has 0 heterocycles. The Bertz CT molecular complexity index is 142. The molecule has 72 valence electrons. The first-order valence-electron chi connectivity index (χ1n) is 4.83. The molecule has 0 spiro atoms. The van der Waals surface area contributed by atoms with Crippen molar-refractivity contribution in [2.45, 2.75) is 53.9 Å². The van der Waals surface area contributed by atoms with Gasteiger partial charge in [0, 0.05) is 5.92 Å². The summed E-state index contributed by atoms with van der Waals surface area (Å²) >= 11 is 0. The lowest BCUT2D eigenvalue weighted by atomic mass is 9.87. The van der Waals surface area contributed by atoms with Crippen molar-refractivity contribution in [1.82, 2.24) is 0 Å². The summed E-state index contributed by atoms with van der Waals surface area (Å²) in [5.74, 6) is 0.580. The zero-order valence-corrected chi connectivity index (χ0v) is 9.11. The van der Waals surface area contributed by atoms with E-state index < -0.39 is 0 Å². The van der Waals surface area contributed by atoms with Gasteiger partial charge in [-0.05, 0) is 25.2 Å². The summed E-state index contributed by atoms with van der Waals surface area (Å²) in [5.41, 5.74) is 0.413. The number of rotatable bonds is 4. The van der Waals surface area contributed by atoms with Crippen molar-refractivity contribution in [3.8, 4) is 0 Å². The van der Waals surface area contributed by atoms with Crippen molar-refractivity contribution in [3.63, 3.8) is 0 Å². The van der Waals surface area contributed by atoms with Crippen LogP contribution in [0.5, 0.6) is 0 Å². The highest BCUT2D eigenvalue weighted by atomic mass is 16.1. The highest BCUT2D eigenvalue weighted by Crippen LogP contribution is 2.23. The topological polar surface area (TPSA) is 17.1 Å². The maximum atomic E-state index is 10.9. The van der Waals surface area contributed by atoms with Gasteiger partial charge in [0.15, 0.2) is 0 Å². The molecule has 12 heavy (non-hydrogen) atoms. The Hall–Kier alpha value is -0.330. The second-order valence-corrected chi connectivity index (χ2v) is 4.96. The second-order valence-electron chi connectivity index (χ2n) is 4.96. The first kappa shape index (κ1) is 11.7. The molecule has 0 rings (SSSR count). The molecule has 0 aliphatic rings. The molecule has 0 saturated heterocycles. The van der Waals surface area contributed by atoms with Gasteiger partial charge in [-0.15, -0.1) is 0 Å².